The summed E-state index contributed by atoms with van der Waals surface area (Å²) in [5.41, 5.74) is 0.966. The van der Waals surface area contributed by atoms with Crippen LogP contribution < -0.4 is 5.32 Å². The highest BCUT2D eigenvalue weighted by Crippen LogP contribution is 2.15. The van der Waals surface area contributed by atoms with Gasteiger partial charge < -0.3 is 15.5 Å². The predicted octanol–water partition coefficient (Wildman–Crippen LogP) is 0.607. The van der Waals surface area contributed by atoms with Gasteiger partial charge in [0.2, 0.25) is 0 Å². The van der Waals surface area contributed by atoms with Crippen LogP contribution in [0.25, 0.3) is 0 Å². The summed E-state index contributed by atoms with van der Waals surface area (Å²) >= 11 is 1.50. The summed E-state index contributed by atoms with van der Waals surface area (Å²) in [5, 5.41) is 23.4. The molecule has 0 aromatic carbocycles. The van der Waals surface area contributed by atoms with E-state index in [1.807, 2.05) is 12.3 Å². The highest BCUT2D eigenvalue weighted by Gasteiger charge is 2.07. The van der Waals surface area contributed by atoms with Crippen molar-refractivity contribution in [2.75, 3.05) is 18.5 Å². The fourth-order valence-electron chi connectivity index (χ4n) is 0.960. The summed E-state index contributed by atoms with van der Waals surface area (Å²) < 4.78 is 0. The molecule has 5 heteroatoms. The van der Waals surface area contributed by atoms with Gasteiger partial charge >= 0.3 is 0 Å². The summed E-state index contributed by atoms with van der Waals surface area (Å²) in [6, 6.07) is -0.101. The van der Waals surface area contributed by atoms with Crippen LogP contribution in [0.4, 0.5) is 5.13 Å². The summed E-state index contributed by atoms with van der Waals surface area (Å²) in [4.78, 5) is 4.20. The van der Waals surface area contributed by atoms with Crippen molar-refractivity contribution in [3.63, 3.8) is 0 Å². The zero-order valence-electron chi connectivity index (χ0n) is 7.53. The second kappa shape index (κ2) is 5.16. The van der Waals surface area contributed by atoms with E-state index in [0.717, 1.165) is 10.8 Å². The van der Waals surface area contributed by atoms with E-state index in [4.69, 9.17) is 10.2 Å². The minimum Gasteiger partial charge on any atom is -0.396 e. The van der Waals surface area contributed by atoms with Gasteiger partial charge in [0.05, 0.1) is 18.3 Å². The van der Waals surface area contributed by atoms with Crippen molar-refractivity contribution in [3.8, 4) is 0 Å². The number of anilines is 1. The van der Waals surface area contributed by atoms with E-state index in [1.165, 1.54) is 11.3 Å². The van der Waals surface area contributed by atoms with Gasteiger partial charge in [0, 0.05) is 12.0 Å². The lowest BCUT2D eigenvalue weighted by molar-refractivity contribution is 0.229. The van der Waals surface area contributed by atoms with Crippen LogP contribution in [0.1, 0.15) is 12.1 Å². The first-order chi connectivity index (χ1) is 6.26. The van der Waals surface area contributed by atoms with Crippen molar-refractivity contribution < 1.29 is 10.2 Å². The van der Waals surface area contributed by atoms with E-state index in [0.29, 0.717) is 6.42 Å². The molecule has 1 aromatic rings. The molecule has 0 bridgehead atoms. The lowest BCUT2D eigenvalue weighted by Gasteiger charge is -2.13. The summed E-state index contributed by atoms with van der Waals surface area (Å²) in [7, 11) is 0. The van der Waals surface area contributed by atoms with Gasteiger partial charge in [0.1, 0.15) is 0 Å². The van der Waals surface area contributed by atoms with Crippen molar-refractivity contribution in [3.05, 3.63) is 11.1 Å². The third kappa shape index (κ3) is 3.30. The number of hydrogen-bond donors (Lipinski definition) is 3. The van der Waals surface area contributed by atoms with Crippen LogP contribution in [-0.4, -0.2) is 34.5 Å². The molecule has 0 aliphatic heterocycles. The minimum atomic E-state index is -0.101. The van der Waals surface area contributed by atoms with Crippen molar-refractivity contribution in [1.29, 1.82) is 0 Å². The van der Waals surface area contributed by atoms with Crippen LogP contribution in [0.2, 0.25) is 0 Å². The number of rotatable bonds is 5. The molecule has 0 spiro atoms. The Kier molecular flexibility index (Phi) is 4.14. The minimum absolute atomic E-state index is 0.0131. The Morgan fingerprint density at radius 3 is 2.85 bits per heavy atom. The number of nitrogens with zero attached hydrogens (tertiary/aromatic N) is 1. The third-order valence-corrected chi connectivity index (χ3v) is 2.54. The summed E-state index contributed by atoms with van der Waals surface area (Å²) in [6.07, 6.45) is 0.537. The Bertz CT molecular complexity index is 252. The van der Waals surface area contributed by atoms with Crippen molar-refractivity contribution in [1.82, 2.24) is 4.98 Å². The molecular formula is C8H14N2O2S. The molecule has 13 heavy (non-hydrogen) atoms. The zero-order valence-corrected chi connectivity index (χ0v) is 8.34. The average molecular weight is 202 g/mol. The Morgan fingerprint density at radius 1 is 1.62 bits per heavy atom. The van der Waals surface area contributed by atoms with Crippen LogP contribution in [0.3, 0.4) is 0 Å². The van der Waals surface area contributed by atoms with E-state index in [2.05, 4.69) is 10.3 Å². The lowest BCUT2D eigenvalue weighted by Crippen LogP contribution is -2.24. The van der Waals surface area contributed by atoms with Crippen LogP contribution >= 0.6 is 11.3 Å². The smallest absolute Gasteiger partial charge is 0.183 e. The Balaban J connectivity index is 2.46. The molecule has 0 aliphatic rings. The highest BCUT2D eigenvalue weighted by atomic mass is 32.1. The average Bonchev–Trinajstić information content (AvgIpc) is 2.50. The normalized spacial score (nSPS) is 12.8. The molecule has 0 amide bonds. The molecule has 4 nitrogen and oxygen atoms in total. The molecule has 0 saturated heterocycles. The van der Waals surface area contributed by atoms with Gasteiger partial charge in [-0.1, -0.05) is 0 Å². The second-order valence-electron chi connectivity index (χ2n) is 2.83. The fraction of sp³-hybridized carbons (Fsp3) is 0.625. The number of nitrogens with one attached hydrogen (secondary N) is 1. The third-order valence-electron chi connectivity index (χ3n) is 1.64. The van der Waals surface area contributed by atoms with Crippen molar-refractivity contribution >= 4 is 16.5 Å². The molecule has 0 saturated carbocycles. The van der Waals surface area contributed by atoms with Gasteiger partial charge in [-0.2, -0.15) is 0 Å². The van der Waals surface area contributed by atoms with Crippen molar-refractivity contribution in [2.45, 2.75) is 19.4 Å². The van der Waals surface area contributed by atoms with E-state index >= 15 is 0 Å². The lowest BCUT2D eigenvalue weighted by atomic mass is 10.2. The summed E-state index contributed by atoms with van der Waals surface area (Å²) in [5.74, 6) is 0. The molecule has 0 aliphatic carbocycles. The Labute approximate surface area is 81.3 Å². The van der Waals surface area contributed by atoms with Gasteiger partial charge in [-0.05, 0) is 13.3 Å². The van der Waals surface area contributed by atoms with Crippen LogP contribution in [0.5, 0.6) is 0 Å². The van der Waals surface area contributed by atoms with E-state index in [1.54, 1.807) is 0 Å². The van der Waals surface area contributed by atoms with E-state index < -0.39 is 0 Å². The maximum Gasteiger partial charge on any atom is 0.183 e. The van der Waals surface area contributed by atoms with Gasteiger partial charge in [0.25, 0.3) is 0 Å². The fourth-order valence-corrected chi connectivity index (χ4v) is 1.73. The quantitative estimate of drug-likeness (QED) is 0.654. The summed E-state index contributed by atoms with van der Waals surface area (Å²) in [6.45, 7) is 2.00. The van der Waals surface area contributed by atoms with Crippen LogP contribution in [0.15, 0.2) is 5.38 Å². The molecule has 0 unspecified atom stereocenters. The number of aliphatic hydroxyl groups excluding tert-OH is 2. The van der Waals surface area contributed by atoms with Gasteiger partial charge in [0.15, 0.2) is 5.13 Å². The molecule has 1 heterocycles. The first kappa shape index (κ1) is 10.4. The maximum absolute atomic E-state index is 8.93. The Morgan fingerprint density at radius 2 is 2.38 bits per heavy atom. The number of aryl methyl sites for hydroxylation is 1. The number of aromatic nitrogens is 1. The first-order valence-electron chi connectivity index (χ1n) is 4.16. The molecule has 1 aromatic heterocycles. The van der Waals surface area contributed by atoms with Gasteiger partial charge in [-0.15, -0.1) is 11.3 Å². The number of thiazole rings is 1. The van der Waals surface area contributed by atoms with E-state index in [9.17, 15) is 0 Å². The van der Waals surface area contributed by atoms with Gasteiger partial charge in [-0.3, -0.25) is 0 Å². The highest BCUT2D eigenvalue weighted by molar-refractivity contribution is 7.13. The molecule has 3 N–H and O–H groups in total. The monoisotopic (exact) mass is 202 g/mol. The standard InChI is InChI=1S/C8H14N2O2S/c1-6-5-13-8(9-6)10-7(4-12)2-3-11/h5,7,11-12H,2-4H2,1H3,(H,9,10)/t7-/m1/s1. The first-order valence-corrected chi connectivity index (χ1v) is 5.04. The number of aliphatic hydroxyl groups is 2. The zero-order chi connectivity index (χ0) is 9.68. The van der Waals surface area contributed by atoms with Gasteiger partial charge in [-0.25, -0.2) is 4.98 Å². The van der Waals surface area contributed by atoms with Crippen LogP contribution in [0, 0.1) is 6.92 Å². The molecular weight excluding hydrogens is 188 g/mol. The molecule has 1 rings (SSSR count). The molecule has 0 fully saturated rings. The van der Waals surface area contributed by atoms with Crippen LogP contribution in [-0.2, 0) is 0 Å². The van der Waals surface area contributed by atoms with Crippen molar-refractivity contribution in [2.24, 2.45) is 0 Å². The van der Waals surface area contributed by atoms with E-state index in [-0.39, 0.29) is 19.3 Å². The predicted molar refractivity (Wildman–Crippen MR) is 53.1 cm³/mol. The largest absolute Gasteiger partial charge is 0.396 e. The number of hydrogen-bond acceptors (Lipinski definition) is 5. The molecule has 1 atom stereocenters. The molecule has 74 valence electrons. The molecule has 0 radical (unpaired) electrons. The maximum atomic E-state index is 8.93. The SMILES string of the molecule is Cc1csc(N[C@@H](CO)CCO)n1. The Hall–Kier alpha value is -0.650. The topological polar surface area (TPSA) is 65.4 Å². The second-order valence-corrected chi connectivity index (χ2v) is 3.69.